The summed E-state index contributed by atoms with van der Waals surface area (Å²) in [6.45, 7) is 0. The molecule has 0 aliphatic heterocycles. The molecule has 0 radical (unpaired) electrons. The number of hydrogen-bond acceptors (Lipinski definition) is 6. The predicted octanol–water partition coefficient (Wildman–Crippen LogP) is 4.21. The van der Waals surface area contributed by atoms with Crippen molar-refractivity contribution in [3.05, 3.63) is 70.2 Å². The van der Waals surface area contributed by atoms with Gasteiger partial charge in [-0.25, -0.2) is 9.78 Å². The van der Waals surface area contributed by atoms with Gasteiger partial charge in [-0.15, -0.1) is 11.3 Å². The predicted molar refractivity (Wildman–Crippen MR) is 106 cm³/mol. The van der Waals surface area contributed by atoms with Gasteiger partial charge in [-0.3, -0.25) is 4.79 Å². The summed E-state index contributed by atoms with van der Waals surface area (Å²) in [4.78, 5) is 27.6. The van der Waals surface area contributed by atoms with Crippen LogP contribution in [0.25, 0.3) is 11.1 Å². The molecule has 3 aromatic rings. The number of rotatable bonds is 7. The molecular formula is C21H19NO5S. The Morgan fingerprint density at radius 1 is 1.18 bits per heavy atom. The quantitative estimate of drug-likeness (QED) is 0.601. The second-order valence-corrected chi connectivity index (χ2v) is 6.98. The van der Waals surface area contributed by atoms with Crippen LogP contribution >= 0.6 is 11.3 Å². The van der Waals surface area contributed by atoms with Gasteiger partial charge in [0.25, 0.3) is 0 Å². The Bertz CT molecular complexity index is 984. The highest BCUT2D eigenvalue weighted by Gasteiger charge is 2.21. The number of aliphatic carboxylic acids is 1. The molecule has 144 valence electrons. The number of benzene rings is 2. The van der Waals surface area contributed by atoms with Gasteiger partial charge < -0.3 is 14.6 Å². The fraction of sp³-hybridized carbons (Fsp3) is 0.190. The number of aromatic nitrogens is 1. The summed E-state index contributed by atoms with van der Waals surface area (Å²) < 4.78 is 10.3. The number of methoxy groups -OCH3 is 2. The molecule has 0 saturated carbocycles. The maximum Gasteiger partial charge on any atom is 0.337 e. The van der Waals surface area contributed by atoms with E-state index in [-0.39, 0.29) is 12.3 Å². The third-order valence-electron chi connectivity index (χ3n) is 4.35. The van der Waals surface area contributed by atoms with Gasteiger partial charge in [-0.1, -0.05) is 24.3 Å². The average Bonchev–Trinajstić information content (AvgIpc) is 3.25. The fourth-order valence-electron chi connectivity index (χ4n) is 3.03. The van der Waals surface area contributed by atoms with Crippen LogP contribution in [0.2, 0.25) is 0 Å². The number of carboxylic acids is 1. The van der Waals surface area contributed by atoms with E-state index in [1.54, 1.807) is 31.5 Å². The first-order valence-corrected chi connectivity index (χ1v) is 9.39. The molecule has 0 fully saturated rings. The van der Waals surface area contributed by atoms with Gasteiger partial charge in [0.2, 0.25) is 0 Å². The Labute approximate surface area is 166 Å². The summed E-state index contributed by atoms with van der Waals surface area (Å²) in [5, 5.41) is 11.9. The van der Waals surface area contributed by atoms with Crippen molar-refractivity contribution in [3.8, 4) is 16.9 Å². The largest absolute Gasteiger partial charge is 0.496 e. The number of esters is 1. The molecule has 28 heavy (non-hydrogen) atoms. The first-order chi connectivity index (χ1) is 13.5. The number of carboxylic acid groups (broad SMARTS) is 1. The smallest absolute Gasteiger partial charge is 0.337 e. The molecule has 1 N–H and O–H groups in total. The van der Waals surface area contributed by atoms with Crippen LogP contribution in [0.4, 0.5) is 0 Å². The third-order valence-corrected chi connectivity index (χ3v) is 5.24. The lowest BCUT2D eigenvalue weighted by atomic mass is 9.92. The van der Waals surface area contributed by atoms with Crippen molar-refractivity contribution in [1.29, 1.82) is 0 Å². The number of hydrogen-bond donors (Lipinski definition) is 1. The highest BCUT2D eigenvalue weighted by Crippen LogP contribution is 2.35. The monoisotopic (exact) mass is 397 g/mol. The van der Waals surface area contributed by atoms with Gasteiger partial charge in [0.1, 0.15) is 10.8 Å². The van der Waals surface area contributed by atoms with Crippen LogP contribution in [-0.2, 0) is 9.53 Å². The van der Waals surface area contributed by atoms with Crippen molar-refractivity contribution >= 4 is 23.3 Å². The Hall–Kier alpha value is -3.19. The minimum absolute atomic E-state index is 0.0592. The summed E-state index contributed by atoms with van der Waals surface area (Å²) in [5.74, 6) is -1.08. The van der Waals surface area contributed by atoms with Gasteiger partial charge >= 0.3 is 11.9 Å². The topological polar surface area (TPSA) is 85.7 Å². The molecular weight excluding hydrogens is 378 g/mol. The molecule has 0 aliphatic rings. The molecule has 6 nitrogen and oxygen atoms in total. The van der Waals surface area contributed by atoms with Crippen LogP contribution in [0.15, 0.2) is 54.0 Å². The molecule has 1 unspecified atom stereocenters. The summed E-state index contributed by atoms with van der Waals surface area (Å²) in [7, 11) is 2.89. The summed E-state index contributed by atoms with van der Waals surface area (Å²) in [6, 6.07) is 12.6. The summed E-state index contributed by atoms with van der Waals surface area (Å²) in [5.41, 5.74) is 2.78. The molecule has 0 bridgehead atoms. The van der Waals surface area contributed by atoms with E-state index in [1.165, 1.54) is 18.4 Å². The fourth-order valence-corrected chi connectivity index (χ4v) is 3.80. The number of thiazole rings is 1. The van der Waals surface area contributed by atoms with E-state index in [9.17, 15) is 14.7 Å². The van der Waals surface area contributed by atoms with Crippen LogP contribution in [0.3, 0.4) is 0 Å². The molecule has 1 heterocycles. The molecule has 1 atom stereocenters. The average molecular weight is 397 g/mol. The minimum atomic E-state index is -0.893. The lowest BCUT2D eigenvalue weighted by Crippen LogP contribution is -2.08. The van der Waals surface area contributed by atoms with Gasteiger partial charge in [0.15, 0.2) is 0 Å². The van der Waals surface area contributed by atoms with E-state index >= 15 is 0 Å². The number of ether oxygens (including phenoxy) is 2. The first-order valence-electron chi connectivity index (χ1n) is 8.51. The van der Waals surface area contributed by atoms with Crippen molar-refractivity contribution in [1.82, 2.24) is 4.98 Å². The minimum Gasteiger partial charge on any atom is -0.496 e. The SMILES string of the molecule is COC(=O)c1ccc(OC)c(-c2cccc(C(CC(=O)O)c3nccs3)c2)c1. The summed E-state index contributed by atoms with van der Waals surface area (Å²) >= 11 is 1.43. The van der Waals surface area contributed by atoms with E-state index in [2.05, 4.69) is 4.98 Å². The number of nitrogens with zero attached hydrogens (tertiary/aromatic N) is 1. The molecule has 0 aliphatic carbocycles. The highest BCUT2D eigenvalue weighted by molar-refractivity contribution is 7.09. The maximum atomic E-state index is 11.9. The molecule has 0 amide bonds. The van der Waals surface area contributed by atoms with Crippen LogP contribution in [0, 0.1) is 0 Å². The van der Waals surface area contributed by atoms with E-state index in [0.29, 0.717) is 11.3 Å². The standard InChI is InChI=1S/C21H19NO5S/c1-26-18-7-6-15(21(25)27-2)11-16(18)13-4-3-5-14(10-13)17(12-19(23)24)20-22-8-9-28-20/h3-11,17H,12H2,1-2H3,(H,23,24). The van der Waals surface area contributed by atoms with Gasteiger partial charge in [-0.05, 0) is 29.3 Å². The zero-order valence-electron chi connectivity index (χ0n) is 15.4. The van der Waals surface area contributed by atoms with E-state index in [4.69, 9.17) is 9.47 Å². The van der Waals surface area contributed by atoms with Crippen molar-refractivity contribution in [2.75, 3.05) is 14.2 Å². The Balaban J connectivity index is 2.07. The molecule has 2 aromatic carbocycles. The van der Waals surface area contributed by atoms with Crippen LogP contribution in [0.5, 0.6) is 5.75 Å². The van der Waals surface area contributed by atoms with E-state index < -0.39 is 11.9 Å². The molecule has 7 heteroatoms. The summed E-state index contributed by atoms with van der Waals surface area (Å²) in [6.07, 6.45) is 1.61. The van der Waals surface area contributed by atoms with Crippen LogP contribution in [0.1, 0.15) is 33.3 Å². The number of carbonyl (C=O) groups is 2. The Morgan fingerprint density at radius 3 is 2.64 bits per heavy atom. The zero-order valence-corrected chi connectivity index (χ0v) is 16.2. The Kier molecular flexibility index (Phi) is 6.06. The first kappa shape index (κ1) is 19.6. The molecule has 0 spiro atoms. The van der Waals surface area contributed by atoms with Gasteiger partial charge in [0.05, 0.1) is 26.2 Å². The molecule has 3 rings (SSSR count). The molecule has 0 saturated heterocycles. The lowest BCUT2D eigenvalue weighted by Gasteiger charge is -2.16. The maximum absolute atomic E-state index is 11.9. The second-order valence-electron chi connectivity index (χ2n) is 6.05. The number of carbonyl (C=O) groups excluding carboxylic acids is 1. The van der Waals surface area contributed by atoms with Gasteiger partial charge in [-0.2, -0.15) is 0 Å². The zero-order chi connectivity index (χ0) is 20.1. The highest BCUT2D eigenvalue weighted by atomic mass is 32.1. The van der Waals surface area contributed by atoms with Crippen molar-refractivity contribution in [2.45, 2.75) is 12.3 Å². The van der Waals surface area contributed by atoms with E-state index in [0.717, 1.165) is 21.7 Å². The Morgan fingerprint density at radius 2 is 2.00 bits per heavy atom. The van der Waals surface area contributed by atoms with Crippen LogP contribution in [-0.4, -0.2) is 36.2 Å². The van der Waals surface area contributed by atoms with E-state index in [1.807, 2.05) is 29.6 Å². The molecule has 1 aromatic heterocycles. The normalized spacial score (nSPS) is 11.6. The third kappa shape index (κ3) is 4.20. The van der Waals surface area contributed by atoms with Crippen LogP contribution < -0.4 is 4.74 Å². The second kappa shape index (κ2) is 8.67. The van der Waals surface area contributed by atoms with Crippen molar-refractivity contribution in [2.24, 2.45) is 0 Å². The van der Waals surface area contributed by atoms with Gasteiger partial charge in [0, 0.05) is 23.1 Å². The lowest BCUT2D eigenvalue weighted by molar-refractivity contribution is -0.137. The van der Waals surface area contributed by atoms with Crippen molar-refractivity contribution < 1.29 is 24.2 Å². The van der Waals surface area contributed by atoms with Crippen molar-refractivity contribution in [3.63, 3.8) is 0 Å².